The van der Waals surface area contributed by atoms with Crippen molar-refractivity contribution in [2.45, 2.75) is 6.54 Å². The summed E-state index contributed by atoms with van der Waals surface area (Å²) in [5.74, 6) is -1.54. The van der Waals surface area contributed by atoms with Crippen LogP contribution in [0.4, 0.5) is 14.9 Å². The molecule has 21 heavy (non-hydrogen) atoms. The molecule has 1 aromatic carbocycles. The van der Waals surface area contributed by atoms with Gasteiger partial charge in [0.05, 0.1) is 6.33 Å². The van der Waals surface area contributed by atoms with E-state index in [0.717, 1.165) is 0 Å². The molecule has 110 valence electrons. The van der Waals surface area contributed by atoms with Gasteiger partial charge < -0.3 is 20.3 Å². The number of hydrogen-bond acceptors (Lipinski definition) is 3. The van der Waals surface area contributed by atoms with Crippen LogP contribution < -0.4 is 10.6 Å². The van der Waals surface area contributed by atoms with E-state index in [2.05, 4.69) is 15.6 Å². The molecule has 0 aliphatic rings. The van der Waals surface area contributed by atoms with Crippen molar-refractivity contribution in [2.75, 3.05) is 11.9 Å². The smallest absolute Gasteiger partial charge is 0.356 e. The maximum atomic E-state index is 12.9. The van der Waals surface area contributed by atoms with Gasteiger partial charge in [0.25, 0.3) is 0 Å². The molecule has 7 nitrogen and oxygen atoms in total. The van der Waals surface area contributed by atoms with E-state index in [1.165, 1.54) is 30.7 Å². The average molecular weight is 292 g/mol. The average Bonchev–Trinajstić information content (AvgIpc) is 2.87. The van der Waals surface area contributed by atoms with Crippen molar-refractivity contribution in [2.24, 2.45) is 0 Å². The van der Waals surface area contributed by atoms with Crippen molar-refractivity contribution in [3.63, 3.8) is 0 Å². The zero-order chi connectivity index (χ0) is 15.2. The van der Waals surface area contributed by atoms with Crippen molar-refractivity contribution < 1.29 is 19.1 Å². The Labute approximate surface area is 119 Å². The summed E-state index contributed by atoms with van der Waals surface area (Å²) in [6, 6.07) is 5.07. The molecule has 0 unspecified atom stereocenters. The molecule has 2 amide bonds. The van der Waals surface area contributed by atoms with E-state index >= 15 is 0 Å². The lowest BCUT2D eigenvalue weighted by Gasteiger charge is -2.07. The number of rotatable bonds is 5. The number of aromatic nitrogens is 2. The fraction of sp³-hybridized carbons (Fsp3) is 0.154. The summed E-state index contributed by atoms with van der Waals surface area (Å²) in [4.78, 5) is 25.9. The number of carboxylic acids is 1. The van der Waals surface area contributed by atoms with Gasteiger partial charge in [0, 0.05) is 25.0 Å². The minimum atomic E-state index is -1.11. The first-order chi connectivity index (χ1) is 10.0. The Kier molecular flexibility index (Phi) is 4.50. The van der Waals surface area contributed by atoms with Gasteiger partial charge in [-0.05, 0) is 18.2 Å². The Morgan fingerprint density at radius 3 is 2.86 bits per heavy atom. The first kappa shape index (κ1) is 14.5. The van der Waals surface area contributed by atoms with E-state index in [-0.39, 0.29) is 12.2 Å². The van der Waals surface area contributed by atoms with Crippen LogP contribution in [0.25, 0.3) is 0 Å². The van der Waals surface area contributed by atoms with Gasteiger partial charge in [0.15, 0.2) is 5.69 Å². The second-order valence-electron chi connectivity index (χ2n) is 4.19. The molecule has 0 radical (unpaired) electrons. The maximum Gasteiger partial charge on any atom is 0.356 e. The number of benzene rings is 1. The molecule has 0 saturated heterocycles. The lowest BCUT2D eigenvalue weighted by molar-refractivity contribution is 0.0691. The molecule has 0 saturated carbocycles. The number of hydrogen-bond donors (Lipinski definition) is 3. The number of halogens is 1. The number of carboxylic acid groups (broad SMARTS) is 1. The first-order valence-corrected chi connectivity index (χ1v) is 6.10. The van der Waals surface area contributed by atoms with Gasteiger partial charge in [0.2, 0.25) is 0 Å². The lowest BCUT2D eigenvalue weighted by Crippen LogP contribution is -2.31. The summed E-state index contributed by atoms with van der Waals surface area (Å²) in [7, 11) is 0. The third-order valence-corrected chi connectivity index (χ3v) is 2.59. The molecule has 1 heterocycles. The summed E-state index contributed by atoms with van der Waals surface area (Å²) >= 11 is 0. The Morgan fingerprint density at radius 1 is 1.38 bits per heavy atom. The minimum absolute atomic E-state index is 0.0563. The van der Waals surface area contributed by atoms with Crippen molar-refractivity contribution in [1.29, 1.82) is 0 Å². The van der Waals surface area contributed by atoms with Gasteiger partial charge in [-0.1, -0.05) is 6.07 Å². The van der Waals surface area contributed by atoms with Crippen LogP contribution in [0, 0.1) is 5.82 Å². The fourth-order valence-corrected chi connectivity index (χ4v) is 1.63. The standard InChI is InChI=1S/C13H13FN4O3/c14-9-2-1-3-10(6-9)17-13(21)15-4-5-18-7-11(12(19)20)16-8-18/h1-3,6-8H,4-5H2,(H,19,20)(H2,15,17,21). The van der Waals surface area contributed by atoms with Crippen LogP contribution in [-0.4, -0.2) is 33.2 Å². The number of urea groups is 1. The van der Waals surface area contributed by atoms with E-state index in [9.17, 15) is 14.0 Å². The number of aromatic carboxylic acids is 1. The minimum Gasteiger partial charge on any atom is -0.476 e. The second-order valence-corrected chi connectivity index (χ2v) is 4.19. The van der Waals surface area contributed by atoms with Crippen molar-refractivity contribution in [3.05, 3.63) is 48.3 Å². The molecule has 2 aromatic rings. The van der Waals surface area contributed by atoms with E-state index in [1.54, 1.807) is 10.6 Å². The molecule has 0 fully saturated rings. The quantitative estimate of drug-likeness (QED) is 0.779. The Bertz CT molecular complexity index is 656. The number of nitrogens with zero attached hydrogens (tertiary/aromatic N) is 2. The van der Waals surface area contributed by atoms with E-state index in [1.807, 2.05) is 0 Å². The fourth-order valence-electron chi connectivity index (χ4n) is 1.63. The van der Waals surface area contributed by atoms with Gasteiger partial charge >= 0.3 is 12.0 Å². The van der Waals surface area contributed by atoms with Crippen LogP contribution >= 0.6 is 0 Å². The molecule has 3 N–H and O–H groups in total. The number of nitrogens with one attached hydrogen (secondary N) is 2. The highest BCUT2D eigenvalue weighted by atomic mass is 19.1. The Morgan fingerprint density at radius 2 is 2.19 bits per heavy atom. The largest absolute Gasteiger partial charge is 0.476 e. The molecule has 2 rings (SSSR count). The molecule has 0 bridgehead atoms. The number of imidazole rings is 1. The van der Waals surface area contributed by atoms with Crippen molar-refractivity contribution in [3.8, 4) is 0 Å². The van der Waals surface area contributed by atoms with Crippen LogP contribution in [-0.2, 0) is 6.54 Å². The van der Waals surface area contributed by atoms with Gasteiger partial charge in [-0.3, -0.25) is 0 Å². The third-order valence-electron chi connectivity index (χ3n) is 2.59. The van der Waals surface area contributed by atoms with Crippen LogP contribution in [0.3, 0.4) is 0 Å². The highest BCUT2D eigenvalue weighted by Crippen LogP contribution is 2.08. The second kappa shape index (κ2) is 6.51. The SMILES string of the molecule is O=C(NCCn1cnc(C(=O)O)c1)Nc1cccc(F)c1. The van der Waals surface area contributed by atoms with Gasteiger partial charge in [-0.2, -0.15) is 0 Å². The number of carbonyl (C=O) groups is 2. The maximum absolute atomic E-state index is 12.9. The number of amides is 2. The van der Waals surface area contributed by atoms with E-state index in [0.29, 0.717) is 12.2 Å². The predicted molar refractivity (Wildman–Crippen MR) is 72.6 cm³/mol. The summed E-state index contributed by atoms with van der Waals surface area (Å²) in [5.41, 5.74) is 0.294. The van der Waals surface area contributed by atoms with Gasteiger partial charge in [-0.25, -0.2) is 19.0 Å². The van der Waals surface area contributed by atoms with Gasteiger partial charge in [0.1, 0.15) is 5.82 Å². The topological polar surface area (TPSA) is 96.2 Å². The summed E-state index contributed by atoms with van der Waals surface area (Å²) in [6.45, 7) is 0.646. The Hall–Kier alpha value is -2.90. The van der Waals surface area contributed by atoms with Crippen LogP contribution in [0.5, 0.6) is 0 Å². The predicted octanol–water partition coefficient (Wildman–Crippen LogP) is 1.54. The Balaban J connectivity index is 1.77. The molecule has 0 aliphatic carbocycles. The van der Waals surface area contributed by atoms with Crippen LogP contribution in [0.15, 0.2) is 36.8 Å². The zero-order valence-electron chi connectivity index (χ0n) is 10.9. The van der Waals surface area contributed by atoms with Crippen molar-refractivity contribution >= 4 is 17.7 Å². The van der Waals surface area contributed by atoms with Crippen molar-refractivity contribution in [1.82, 2.24) is 14.9 Å². The molecule has 0 aliphatic heterocycles. The molecule has 0 atom stereocenters. The van der Waals surface area contributed by atoms with E-state index < -0.39 is 17.8 Å². The number of carbonyl (C=O) groups excluding carboxylic acids is 1. The normalized spacial score (nSPS) is 10.1. The van der Waals surface area contributed by atoms with Gasteiger partial charge in [-0.15, -0.1) is 0 Å². The highest BCUT2D eigenvalue weighted by molar-refractivity contribution is 5.89. The lowest BCUT2D eigenvalue weighted by atomic mass is 10.3. The molecule has 0 spiro atoms. The molecule has 8 heteroatoms. The summed E-state index contributed by atoms with van der Waals surface area (Å²) in [6.07, 6.45) is 2.74. The summed E-state index contributed by atoms with van der Waals surface area (Å²) < 4.78 is 14.5. The number of anilines is 1. The zero-order valence-corrected chi connectivity index (χ0v) is 10.9. The monoisotopic (exact) mass is 292 g/mol. The highest BCUT2D eigenvalue weighted by Gasteiger charge is 2.06. The van der Waals surface area contributed by atoms with Crippen LogP contribution in [0.1, 0.15) is 10.5 Å². The van der Waals surface area contributed by atoms with Crippen LogP contribution in [0.2, 0.25) is 0 Å². The van der Waals surface area contributed by atoms with E-state index in [4.69, 9.17) is 5.11 Å². The first-order valence-electron chi connectivity index (χ1n) is 6.10. The molecular formula is C13H13FN4O3. The third kappa shape index (κ3) is 4.30. The molecule has 1 aromatic heterocycles. The summed E-state index contributed by atoms with van der Waals surface area (Å²) in [5, 5.41) is 13.8. The molecular weight excluding hydrogens is 279 g/mol.